The van der Waals surface area contributed by atoms with Crippen LogP contribution in [0.2, 0.25) is 0 Å². The Kier molecular flexibility index (Phi) is 5.75. The number of rotatable bonds is 7. The van der Waals surface area contributed by atoms with Gasteiger partial charge in [0.2, 0.25) is 5.75 Å². The van der Waals surface area contributed by atoms with Crippen molar-refractivity contribution in [1.29, 1.82) is 0 Å². The number of hydrogen-bond acceptors (Lipinski definition) is 6. The van der Waals surface area contributed by atoms with Crippen molar-refractivity contribution < 1.29 is 23.7 Å². The van der Waals surface area contributed by atoms with Gasteiger partial charge < -0.3 is 24.7 Å². The maximum atomic E-state index is 12.8. The zero-order chi connectivity index (χ0) is 18.6. The second kappa shape index (κ2) is 7.79. The highest BCUT2D eigenvalue weighted by Crippen LogP contribution is 2.39. The standard InChI is InChI=1S/C19H23NO5/c1-11(2)25-15-7-6-12(8-14(15)20)18(21)13-9-16(22-3)19(24-5)17(10-13)23-4/h6-11H,20H2,1-5H3. The molecule has 0 heterocycles. The number of carbonyl (C=O) groups is 1. The van der Waals surface area contributed by atoms with E-state index in [2.05, 4.69) is 0 Å². The lowest BCUT2D eigenvalue weighted by Gasteiger charge is -2.15. The van der Waals surface area contributed by atoms with Crippen molar-refractivity contribution in [3.63, 3.8) is 0 Å². The zero-order valence-corrected chi connectivity index (χ0v) is 15.1. The lowest BCUT2D eigenvalue weighted by molar-refractivity contribution is 0.103. The van der Waals surface area contributed by atoms with Crippen LogP contribution in [0.5, 0.6) is 23.0 Å². The molecule has 0 aromatic heterocycles. The average Bonchev–Trinajstić information content (AvgIpc) is 2.61. The van der Waals surface area contributed by atoms with E-state index in [1.807, 2.05) is 13.8 Å². The summed E-state index contributed by atoms with van der Waals surface area (Å²) in [5.41, 5.74) is 7.26. The van der Waals surface area contributed by atoms with Crippen LogP contribution in [-0.4, -0.2) is 33.2 Å². The summed E-state index contributed by atoms with van der Waals surface area (Å²) in [7, 11) is 4.51. The van der Waals surface area contributed by atoms with Gasteiger partial charge in [0.15, 0.2) is 17.3 Å². The average molecular weight is 345 g/mol. The van der Waals surface area contributed by atoms with Crippen LogP contribution >= 0.6 is 0 Å². The van der Waals surface area contributed by atoms with E-state index in [1.165, 1.54) is 21.3 Å². The molecule has 0 aliphatic rings. The highest BCUT2D eigenvalue weighted by atomic mass is 16.5. The quantitative estimate of drug-likeness (QED) is 0.612. The van der Waals surface area contributed by atoms with E-state index in [-0.39, 0.29) is 11.9 Å². The van der Waals surface area contributed by atoms with Gasteiger partial charge in [-0.25, -0.2) is 0 Å². The highest BCUT2D eigenvalue weighted by Gasteiger charge is 2.19. The molecule has 0 amide bonds. The van der Waals surface area contributed by atoms with Crippen LogP contribution in [0.25, 0.3) is 0 Å². The molecule has 0 aliphatic heterocycles. The molecule has 0 atom stereocenters. The van der Waals surface area contributed by atoms with Crippen LogP contribution in [0.1, 0.15) is 29.8 Å². The molecular formula is C19H23NO5. The molecule has 0 aliphatic carbocycles. The molecule has 0 saturated carbocycles. The fourth-order valence-electron chi connectivity index (χ4n) is 2.43. The van der Waals surface area contributed by atoms with Gasteiger partial charge in [-0.2, -0.15) is 0 Å². The van der Waals surface area contributed by atoms with Crippen molar-refractivity contribution in [2.24, 2.45) is 0 Å². The number of nitrogens with two attached hydrogens (primary N) is 1. The van der Waals surface area contributed by atoms with Crippen molar-refractivity contribution in [2.75, 3.05) is 27.1 Å². The highest BCUT2D eigenvalue weighted by molar-refractivity contribution is 6.10. The maximum Gasteiger partial charge on any atom is 0.203 e. The van der Waals surface area contributed by atoms with E-state index in [0.29, 0.717) is 39.8 Å². The van der Waals surface area contributed by atoms with Gasteiger partial charge in [0, 0.05) is 11.1 Å². The number of nitrogen functional groups attached to an aromatic ring is 1. The third kappa shape index (κ3) is 3.96. The predicted molar refractivity (Wildman–Crippen MR) is 96.1 cm³/mol. The summed E-state index contributed by atoms with van der Waals surface area (Å²) in [6.07, 6.45) is -0.000961. The molecule has 2 N–H and O–H groups in total. The third-order valence-electron chi connectivity index (χ3n) is 3.56. The Labute approximate surface area is 147 Å². The largest absolute Gasteiger partial charge is 0.493 e. The van der Waals surface area contributed by atoms with Crippen LogP contribution in [0.4, 0.5) is 5.69 Å². The number of methoxy groups -OCH3 is 3. The monoisotopic (exact) mass is 345 g/mol. The van der Waals surface area contributed by atoms with E-state index >= 15 is 0 Å². The van der Waals surface area contributed by atoms with Crippen molar-refractivity contribution >= 4 is 11.5 Å². The summed E-state index contributed by atoms with van der Waals surface area (Å²) in [6.45, 7) is 3.82. The Bertz CT molecular complexity index is 745. The van der Waals surface area contributed by atoms with E-state index in [1.54, 1.807) is 30.3 Å². The van der Waals surface area contributed by atoms with Gasteiger partial charge in [0.05, 0.1) is 33.1 Å². The maximum absolute atomic E-state index is 12.8. The van der Waals surface area contributed by atoms with Gasteiger partial charge in [-0.3, -0.25) is 4.79 Å². The lowest BCUT2D eigenvalue weighted by Crippen LogP contribution is -2.09. The van der Waals surface area contributed by atoms with Gasteiger partial charge in [-0.1, -0.05) is 0 Å². The minimum Gasteiger partial charge on any atom is -0.493 e. The van der Waals surface area contributed by atoms with Gasteiger partial charge in [0.1, 0.15) is 5.75 Å². The molecule has 0 fully saturated rings. The molecule has 2 aromatic carbocycles. The number of hydrogen-bond donors (Lipinski definition) is 1. The van der Waals surface area contributed by atoms with E-state index in [0.717, 1.165) is 0 Å². The summed E-state index contributed by atoms with van der Waals surface area (Å²) in [5.74, 6) is 1.61. The first-order valence-electron chi connectivity index (χ1n) is 7.82. The zero-order valence-electron chi connectivity index (χ0n) is 15.1. The van der Waals surface area contributed by atoms with Crippen LogP contribution in [0.15, 0.2) is 30.3 Å². The summed E-state index contributed by atoms with van der Waals surface area (Å²) in [6, 6.07) is 8.19. The minimum absolute atomic E-state index is 0.000961. The molecule has 6 heteroatoms. The second-order valence-electron chi connectivity index (χ2n) is 5.66. The summed E-state index contributed by atoms with van der Waals surface area (Å²) < 4.78 is 21.4. The molecule has 134 valence electrons. The molecule has 0 bridgehead atoms. The molecule has 0 unspecified atom stereocenters. The molecular weight excluding hydrogens is 322 g/mol. The van der Waals surface area contributed by atoms with Crippen molar-refractivity contribution in [1.82, 2.24) is 0 Å². The van der Waals surface area contributed by atoms with Crippen molar-refractivity contribution in [2.45, 2.75) is 20.0 Å². The fraction of sp³-hybridized carbons (Fsp3) is 0.316. The minimum atomic E-state index is -0.206. The van der Waals surface area contributed by atoms with Crippen LogP contribution < -0.4 is 24.7 Å². The number of carbonyl (C=O) groups excluding carboxylic acids is 1. The fourth-order valence-corrected chi connectivity index (χ4v) is 2.43. The number of ketones is 1. The molecule has 6 nitrogen and oxygen atoms in total. The summed E-state index contributed by atoms with van der Waals surface area (Å²) in [4.78, 5) is 12.8. The molecule has 2 aromatic rings. The Morgan fingerprint density at radius 1 is 0.880 bits per heavy atom. The molecule has 0 saturated heterocycles. The van der Waals surface area contributed by atoms with Crippen LogP contribution in [-0.2, 0) is 0 Å². The summed E-state index contributed by atoms with van der Waals surface area (Å²) in [5, 5.41) is 0. The first-order chi connectivity index (χ1) is 11.9. The third-order valence-corrected chi connectivity index (χ3v) is 3.56. The van der Waals surface area contributed by atoms with Crippen molar-refractivity contribution in [3.8, 4) is 23.0 Å². The Morgan fingerprint density at radius 3 is 1.92 bits per heavy atom. The number of ether oxygens (including phenoxy) is 4. The Hall–Kier alpha value is -2.89. The molecule has 0 spiro atoms. The first kappa shape index (κ1) is 18.4. The van der Waals surface area contributed by atoms with E-state index < -0.39 is 0 Å². The Morgan fingerprint density at radius 2 is 1.48 bits per heavy atom. The van der Waals surface area contributed by atoms with Gasteiger partial charge >= 0.3 is 0 Å². The molecule has 2 rings (SSSR count). The predicted octanol–water partition coefficient (Wildman–Crippen LogP) is 3.31. The first-order valence-corrected chi connectivity index (χ1v) is 7.82. The SMILES string of the molecule is COc1cc(C(=O)c2ccc(OC(C)C)c(N)c2)cc(OC)c1OC. The van der Waals surface area contributed by atoms with Gasteiger partial charge in [0.25, 0.3) is 0 Å². The second-order valence-corrected chi connectivity index (χ2v) is 5.66. The Balaban J connectivity index is 2.42. The lowest BCUT2D eigenvalue weighted by atomic mass is 10.0. The topological polar surface area (TPSA) is 80.0 Å². The van der Waals surface area contributed by atoms with Crippen LogP contribution in [0.3, 0.4) is 0 Å². The molecule has 25 heavy (non-hydrogen) atoms. The normalized spacial score (nSPS) is 10.5. The number of benzene rings is 2. The number of anilines is 1. The van der Waals surface area contributed by atoms with Gasteiger partial charge in [-0.15, -0.1) is 0 Å². The van der Waals surface area contributed by atoms with E-state index in [9.17, 15) is 4.79 Å². The molecule has 0 radical (unpaired) electrons. The van der Waals surface area contributed by atoms with Crippen molar-refractivity contribution in [3.05, 3.63) is 41.5 Å². The van der Waals surface area contributed by atoms with Crippen LogP contribution in [0, 0.1) is 0 Å². The van der Waals surface area contributed by atoms with Gasteiger partial charge in [-0.05, 0) is 44.2 Å². The smallest absolute Gasteiger partial charge is 0.203 e. The summed E-state index contributed by atoms with van der Waals surface area (Å²) >= 11 is 0. The van der Waals surface area contributed by atoms with E-state index in [4.69, 9.17) is 24.7 Å².